The number of hydrogen-bond donors (Lipinski definition) is 1. The van der Waals surface area contributed by atoms with Crippen molar-refractivity contribution in [3.8, 4) is 0 Å². The number of carbonyl (C=O) groups excluding carboxylic acids is 1. The van der Waals surface area contributed by atoms with E-state index < -0.39 is 21.6 Å². The molecular weight excluding hydrogens is 401 g/mol. The van der Waals surface area contributed by atoms with Crippen molar-refractivity contribution in [1.82, 2.24) is 0 Å². The number of carbonyl (C=O) groups is 1. The van der Waals surface area contributed by atoms with E-state index in [9.17, 15) is 17.6 Å². The summed E-state index contributed by atoms with van der Waals surface area (Å²) in [6, 6.07) is 16.1. The molecule has 0 atom stereocenters. The number of sulfonamides is 1. The maximum absolute atomic E-state index is 14.0. The summed E-state index contributed by atoms with van der Waals surface area (Å²) >= 11 is 5.99. The second kappa shape index (κ2) is 8.12. The fourth-order valence-electron chi connectivity index (χ4n) is 2.69. The van der Waals surface area contributed by atoms with Crippen LogP contribution >= 0.6 is 11.6 Å². The van der Waals surface area contributed by atoms with Gasteiger partial charge in [0.05, 0.1) is 16.1 Å². The SMILES string of the molecule is CCc1ccc(S(=O)(=O)Nc2ccc(Cl)cc2C(=O)c2ccccc2F)cc1. The molecule has 28 heavy (non-hydrogen) atoms. The third-order valence-electron chi connectivity index (χ3n) is 4.23. The second-order valence-corrected chi connectivity index (χ2v) is 8.22. The van der Waals surface area contributed by atoms with Crippen LogP contribution in [0.15, 0.2) is 71.6 Å². The first kappa shape index (κ1) is 20.0. The molecule has 0 aliphatic heterocycles. The molecule has 0 aliphatic rings. The summed E-state index contributed by atoms with van der Waals surface area (Å²) in [5.74, 6) is -1.36. The van der Waals surface area contributed by atoms with Crippen molar-refractivity contribution in [3.63, 3.8) is 0 Å². The summed E-state index contributed by atoms with van der Waals surface area (Å²) in [7, 11) is -3.94. The van der Waals surface area contributed by atoms with Gasteiger partial charge >= 0.3 is 0 Å². The monoisotopic (exact) mass is 417 g/mol. The maximum atomic E-state index is 14.0. The molecule has 3 rings (SSSR count). The Balaban J connectivity index is 2.01. The Labute approximate surface area is 168 Å². The lowest BCUT2D eigenvalue weighted by Crippen LogP contribution is -2.16. The van der Waals surface area contributed by atoms with Gasteiger partial charge in [-0.25, -0.2) is 12.8 Å². The standard InChI is InChI=1S/C21H17ClFNO3S/c1-2-14-7-10-16(11-8-14)28(26,27)24-20-12-9-15(22)13-18(20)21(25)17-5-3-4-6-19(17)23/h3-13,24H,2H2,1H3. The van der Waals surface area contributed by atoms with Gasteiger partial charge in [-0.05, 0) is 54.4 Å². The fourth-order valence-corrected chi connectivity index (χ4v) is 3.94. The average molecular weight is 418 g/mol. The molecule has 4 nitrogen and oxygen atoms in total. The van der Waals surface area contributed by atoms with Crippen LogP contribution in [0.3, 0.4) is 0 Å². The Morgan fingerprint density at radius 3 is 2.32 bits per heavy atom. The summed E-state index contributed by atoms with van der Waals surface area (Å²) < 4.78 is 41.9. The molecular formula is C21H17ClFNO3S. The number of benzene rings is 3. The van der Waals surface area contributed by atoms with E-state index in [-0.39, 0.29) is 26.7 Å². The van der Waals surface area contributed by atoms with Gasteiger partial charge < -0.3 is 0 Å². The molecule has 0 amide bonds. The third-order valence-corrected chi connectivity index (χ3v) is 5.85. The topological polar surface area (TPSA) is 63.2 Å². The molecule has 0 aliphatic carbocycles. The van der Waals surface area contributed by atoms with Crippen LogP contribution in [-0.4, -0.2) is 14.2 Å². The normalized spacial score (nSPS) is 11.2. The van der Waals surface area contributed by atoms with Gasteiger partial charge in [-0.15, -0.1) is 0 Å². The summed E-state index contributed by atoms with van der Waals surface area (Å²) in [5, 5.41) is 0.231. The van der Waals surface area contributed by atoms with Crippen LogP contribution in [0.4, 0.5) is 10.1 Å². The summed E-state index contributed by atoms with van der Waals surface area (Å²) in [5.41, 5.74) is 0.821. The second-order valence-electron chi connectivity index (χ2n) is 6.10. The van der Waals surface area contributed by atoms with Crippen LogP contribution in [0.2, 0.25) is 5.02 Å². The van der Waals surface area contributed by atoms with Crippen LogP contribution in [-0.2, 0) is 16.4 Å². The minimum absolute atomic E-state index is 0.0252. The van der Waals surface area contributed by atoms with Gasteiger partial charge in [0.2, 0.25) is 0 Å². The van der Waals surface area contributed by atoms with E-state index in [1.165, 1.54) is 48.5 Å². The lowest BCUT2D eigenvalue weighted by atomic mass is 10.0. The average Bonchev–Trinajstić information content (AvgIpc) is 2.69. The molecule has 0 spiro atoms. The van der Waals surface area contributed by atoms with Gasteiger partial charge in [-0.1, -0.05) is 42.8 Å². The maximum Gasteiger partial charge on any atom is 0.261 e. The fraction of sp³-hybridized carbons (Fsp3) is 0.0952. The molecule has 3 aromatic carbocycles. The Hall–Kier alpha value is -2.70. The number of nitrogens with one attached hydrogen (secondary N) is 1. The number of anilines is 1. The largest absolute Gasteiger partial charge is 0.288 e. The Morgan fingerprint density at radius 1 is 1.00 bits per heavy atom. The van der Waals surface area contributed by atoms with Crippen molar-refractivity contribution in [3.05, 3.63) is 94.3 Å². The lowest BCUT2D eigenvalue weighted by Gasteiger charge is -2.13. The number of halogens is 2. The minimum Gasteiger partial charge on any atom is -0.288 e. The molecule has 7 heteroatoms. The van der Waals surface area contributed by atoms with E-state index in [1.807, 2.05) is 6.92 Å². The van der Waals surface area contributed by atoms with E-state index in [0.29, 0.717) is 0 Å². The van der Waals surface area contributed by atoms with Crippen molar-refractivity contribution in [1.29, 1.82) is 0 Å². The molecule has 0 radical (unpaired) electrons. The molecule has 1 N–H and O–H groups in total. The zero-order valence-electron chi connectivity index (χ0n) is 14.9. The smallest absolute Gasteiger partial charge is 0.261 e. The van der Waals surface area contributed by atoms with Crippen molar-refractivity contribution in [2.45, 2.75) is 18.2 Å². The number of hydrogen-bond acceptors (Lipinski definition) is 3. The van der Waals surface area contributed by atoms with Gasteiger partial charge in [0, 0.05) is 10.6 Å². The zero-order valence-corrected chi connectivity index (χ0v) is 16.5. The molecule has 0 aromatic heterocycles. The quantitative estimate of drug-likeness (QED) is 0.569. The van der Waals surface area contributed by atoms with Gasteiger partial charge in [0.25, 0.3) is 10.0 Å². The number of ketones is 1. The first-order chi connectivity index (χ1) is 13.3. The van der Waals surface area contributed by atoms with Crippen LogP contribution in [0.25, 0.3) is 0 Å². The number of aryl methyl sites for hydroxylation is 1. The zero-order chi connectivity index (χ0) is 20.3. The highest BCUT2D eigenvalue weighted by Gasteiger charge is 2.21. The Bertz CT molecular complexity index is 1130. The predicted molar refractivity (Wildman–Crippen MR) is 108 cm³/mol. The van der Waals surface area contributed by atoms with E-state index in [1.54, 1.807) is 12.1 Å². The van der Waals surface area contributed by atoms with Gasteiger partial charge in [-0.2, -0.15) is 0 Å². The highest BCUT2D eigenvalue weighted by atomic mass is 35.5. The van der Waals surface area contributed by atoms with E-state index >= 15 is 0 Å². The van der Waals surface area contributed by atoms with Crippen LogP contribution < -0.4 is 4.72 Å². The molecule has 0 bridgehead atoms. The molecule has 0 unspecified atom stereocenters. The molecule has 0 saturated heterocycles. The van der Waals surface area contributed by atoms with E-state index in [0.717, 1.165) is 18.1 Å². The highest BCUT2D eigenvalue weighted by molar-refractivity contribution is 7.92. The van der Waals surface area contributed by atoms with Crippen LogP contribution in [0.1, 0.15) is 28.4 Å². The van der Waals surface area contributed by atoms with Crippen molar-refractivity contribution < 1.29 is 17.6 Å². The lowest BCUT2D eigenvalue weighted by molar-refractivity contribution is 0.103. The van der Waals surface area contributed by atoms with Crippen molar-refractivity contribution in [2.24, 2.45) is 0 Å². The molecule has 0 saturated carbocycles. The summed E-state index contributed by atoms with van der Waals surface area (Å²) in [6.07, 6.45) is 0.784. The van der Waals surface area contributed by atoms with Gasteiger partial charge in [0.1, 0.15) is 5.82 Å². The van der Waals surface area contributed by atoms with Gasteiger partial charge in [0.15, 0.2) is 5.78 Å². The summed E-state index contributed by atoms with van der Waals surface area (Å²) in [6.45, 7) is 1.97. The Kier molecular flexibility index (Phi) is 5.82. The van der Waals surface area contributed by atoms with E-state index in [4.69, 9.17) is 11.6 Å². The van der Waals surface area contributed by atoms with E-state index in [2.05, 4.69) is 4.72 Å². The highest BCUT2D eigenvalue weighted by Crippen LogP contribution is 2.27. The first-order valence-corrected chi connectivity index (χ1v) is 10.4. The van der Waals surface area contributed by atoms with Crippen molar-refractivity contribution in [2.75, 3.05) is 4.72 Å². The molecule has 3 aromatic rings. The van der Waals surface area contributed by atoms with Crippen LogP contribution in [0, 0.1) is 5.82 Å². The summed E-state index contributed by atoms with van der Waals surface area (Å²) in [4.78, 5) is 12.9. The third kappa shape index (κ3) is 4.24. The minimum atomic E-state index is -3.94. The van der Waals surface area contributed by atoms with Gasteiger partial charge in [-0.3, -0.25) is 9.52 Å². The van der Waals surface area contributed by atoms with Crippen LogP contribution in [0.5, 0.6) is 0 Å². The Morgan fingerprint density at radius 2 is 1.68 bits per heavy atom. The number of rotatable bonds is 6. The molecule has 0 heterocycles. The first-order valence-electron chi connectivity index (χ1n) is 8.52. The van der Waals surface area contributed by atoms with Crippen molar-refractivity contribution >= 4 is 33.1 Å². The molecule has 144 valence electrons. The predicted octanol–water partition coefficient (Wildman–Crippen LogP) is 5.07. The molecule has 0 fully saturated rings.